The topological polar surface area (TPSA) is 27.0 Å². The minimum absolute atomic E-state index is 0.468. The number of para-hydroxylation sites is 1. The van der Waals surface area contributed by atoms with Crippen LogP contribution in [-0.2, 0) is 0 Å². The van der Waals surface area contributed by atoms with Crippen LogP contribution >= 0.6 is 27.7 Å². The number of nitriles is 1. The zero-order valence-corrected chi connectivity index (χ0v) is 11.5. The normalized spacial score (nSPS) is 19.1. The zero-order valence-electron chi connectivity index (χ0n) is 9.11. The van der Waals surface area contributed by atoms with Crippen LogP contribution in [0.2, 0.25) is 0 Å². The fourth-order valence-corrected chi connectivity index (χ4v) is 4.05. The third kappa shape index (κ3) is 2.21. The van der Waals surface area contributed by atoms with Crippen LogP contribution in [-0.4, -0.2) is 18.8 Å². The first-order chi connectivity index (χ1) is 7.74. The number of anilines is 1. The average Bonchev–Trinajstić information content (AvgIpc) is 2.28. The van der Waals surface area contributed by atoms with Crippen molar-refractivity contribution in [3.8, 4) is 6.07 Å². The van der Waals surface area contributed by atoms with Crippen molar-refractivity contribution in [3.05, 3.63) is 22.7 Å². The summed E-state index contributed by atoms with van der Waals surface area (Å²) < 4.78 is 1.14. The third-order valence-corrected chi connectivity index (χ3v) is 4.70. The molecule has 0 aliphatic carbocycles. The number of fused-ring (bicyclic) bond motifs is 1. The molecular formula is C12H13BrN2S. The summed E-state index contributed by atoms with van der Waals surface area (Å²) in [6, 6.07) is 8.99. The van der Waals surface area contributed by atoms with Gasteiger partial charge in [-0.05, 0) is 34.5 Å². The number of thioether (sulfide) groups is 1. The number of nitrogens with zero attached hydrogens (tertiary/aromatic N) is 2. The number of halogens is 1. The van der Waals surface area contributed by atoms with Crippen LogP contribution in [0.3, 0.4) is 0 Å². The highest BCUT2D eigenvalue weighted by molar-refractivity contribution is 9.10. The second-order valence-corrected chi connectivity index (χ2v) is 5.78. The van der Waals surface area contributed by atoms with E-state index in [0.29, 0.717) is 12.5 Å². The Morgan fingerprint density at radius 3 is 3.19 bits per heavy atom. The molecule has 1 aliphatic heterocycles. The molecule has 0 radical (unpaired) electrons. The molecule has 0 saturated heterocycles. The second-order valence-electron chi connectivity index (χ2n) is 3.86. The Morgan fingerprint density at radius 1 is 1.62 bits per heavy atom. The van der Waals surface area contributed by atoms with E-state index in [1.165, 1.54) is 10.6 Å². The smallest absolute Gasteiger partial charge is 0.0648 e. The van der Waals surface area contributed by atoms with Crippen molar-refractivity contribution in [1.82, 2.24) is 0 Å². The van der Waals surface area contributed by atoms with E-state index in [0.717, 1.165) is 16.6 Å². The van der Waals surface area contributed by atoms with Crippen LogP contribution in [0.5, 0.6) is 0 Å². The first-order valence-electron chi connectivity index (χ1n) is 5.25. The Hall–Kier alpha value is -0.660. The highest BCUT2D eigenvalue weighted by atomic mass is 79.9. The molecule has 0 fully saturated rings. The Kier molecular flexibility index (Phi) is 3.78. The largest absolute Gasteiger partial charge is 0.369 e. The summed E-state index contributed by atoms with van der Waals surface area (Å²) in [5.41, 5.74) is 1.27. The maximum Gasteiger partial charge on any atom is 0.0648 e. The molecule has 2 nitrogen and oxygen atoms in total. The lowest BCUT2D eigenvalue weighted by molar-refractivity contribution is 0.635. The Labute approximate surface area is 109 Å². The van der Waals surface area contributed by atoms with E-state index >= 15 is 0 Å². The molecule has 1 atom stereocenters. The molecule has 1 heterocycles. The van der Waals surface area contributed by atoms with Crippen LogP contribution in [0.15, 0.2) is 27.6 Å². The maximum atomic E-state index is 8.65. The zero-order chi connectivity index (χ0) is 11.5. The third-order valence-electron chi connectivity index (χ3n) is 2.87. The molecule has 84 valence electrons. The van der Waals surface area contributed by atoms with Gasteiger partial charge in [-0.3, -0.25) is 0 Å². The van der Waals surface area contributed by atoms with Crippen LogP contribution in [0.25, 0.3) is 0 Å². The van der Waals surface area contributed by atoms with Gasteiger partial charge in [0.05, 0.1) is 11.8 Å². The summed E-state index contributed by atoms with van der Waals surface area (Å²) in [4.78, 5) is 3.62. The Bertz CT molecular complexity index is 428. The molecule has 2 rings (SSSR count). The monoisotopic (exact) mass is 296 g/mol. The molecule has 4 heteroatoms. The Balaban J connectivity index is 2.24. The molecule has 1 aromatic rings. The summed E-state index contributed by atoms with van der Waals surface area (Å²) >= 11 is 5.48. The van der Waals surface area contributed by atoms with Crippen molar-refractivity contribution in [2.24, 2.45) is 0 Å². The van der Waals surface area contributed by atoms with E-state index in [4.69, 9.17) is 5.26 Å². The van der Waals surface area contributed by atoms with Crippen LogP contribution in [0, 0.1) is 11.3 Å². The number of rotatable bonds is 2. The first kappa shape index (κ1) is 11.8. The van der Waals surface area contributed by atoms with Gasteiger partial charge in [-0.15, -0.1) is 11.8 Å². The molecule has 0 saturated carbocycles. The van der Waals surface area contributed by atoms with Gasteiger partial charge in [0.25, 0.3) is 0 Å². The van der Waals surface area contributed by atoms with Crippen LogP contribution < -0.4 is 4.90 Å². The lowest BCUT2D eigenvalue weighted by atomic mass is 10.1. The van der Waals surface area contributed by atoms with Crippen molar-refractivity contribution in [2.75, 3.05) is 17.7 Å². The fraction of sp³-hybridized carbons (Fsp3) is 0.417. The quantitative estimate of drug-likeness (QED) is 0.833. The van der Waals surface area contributed by atoms with Crippen molar-refractivity contribution in [3.63, 3.8) is 0 Å². The van der Waals surface area contributed by atoms with E-state index in [-0.39, 0.29) is 0 Å². The van der Waals surface area contributed by atoms with Gasteiger partial charge in [0.2, 0.25) is 0 Å². The van der Waals surface area contributed by atoms with E-state index in [9.17, 15) is 0 Å². The minimum Gasteiger partial charge on any atom is -0.369 e. The Morgan fingerprint density at radius 2 is 2.44 bits per heavy atom. The highest BCUT2D eigenvalue weighted by Gasteiger charge is 2.25. The lowest BCUT2D eigenvalue weighted by Gasteiger charge is -2.36. The van der Waals surface area contributed by atoms with Crippen molar-refractivity contribution < 1.29 is 0 Å². The SMILES string of the molecule is CN1c2c(Br)cccc2SCC1CCC#N. The van der Waals surface area contributed by atoms with Gasteiger partial charge in [-0.2, -0.15) is 5.26 Å². The van der Waals surface area contributed by atoms with Gasteiger partial charge < -0.3 is 4.90 Å². The number of benzene rings is 1. The predicted octanol–water partition coefficient (Wildman–Crippen LogP) is 3.66. The average molecular weight is 297 g/mol. The molecular weight excluding hydrogens is 284 g/mol. The van der Waals surface area contributed by atoms with Crippen molar-refractivity contribution in [1.29, 1.82) is 5.26 Å². The van der Waals surface area contributed by atoms with Gasteiger partial charge in [0.15, 0.2) is 0 Å². The molecule has 16 heavy (non-hydrogen) atoms. The number of hydrogen-bond acceptors (Lipinski definition) is 3. The van der Waals surface area contributed by atoms with Gasteiger partial charge >= 0.3 is 0 Å². The highest BCUT2D eigenvalue weighted by Crippen LogP contribution is 2.41. The summed E-state index contributed by atoms with van der Waals surface area (Å²) in [7, 11) is 2.12. The molecule has 0 bridgehead atoms. The first-order valence-corrected chi connectivity index (χ1v) is 7.03. The van der Waals surface area contributed by atoms with Crippen LogP contribution in [0.1, 0.15) is 12.8 Å². The summed E-state index contributed by atoms with van der Waals surface area (Å²) in [6.45, 7) is 0. The number of hydrogen-bond donors (Lipinski definition) is 0. The summed E-state index contributed by atoms with van der Waals surface area (Å²) in [6.07, 6.45) is 1.58. The standard InChI is InChI=1S/C12H13BrN2S/c1-15-9(4-3-7-14)8-16-11-6-2-5-10(13)12(11)15/h2,5-6,9H,3-4,8H2,1H3. The van der Waals surface area contributed by atoms with E-state index < -0.39 is 0 Å². The summed E-state index contributed by atoms with van der Waals surface area (Å²) in [5, 5.41) is 8.65. The van der Waals surface area contributed by atoms with Gasteiger partial charge in [0.1, 0.15) is 0 Å². The van der Waals surface area contributed by atoms with E-state index in [1.807, 2.05) is 11.8 Å². The second kappa shape index (κ2) is 5.11. The van der Waals surface area contributed by atoms with Crippen LogP contribution in [0.4, 0.5) is 5.69 Å². The molecule has 1 aromatic carbocycles. The fourth-order valence-electron chi connectivity index (χ4n) is 1.94. The minimum atomic E-state index is 0.468. The predicted molar refractivity (Wildman–Crippen MR) is 71.9 cm³/mol. The lowest BCUT2D eigenvalue weighted by Crippen LogP contribution is -2.36. The molecule has 0 spiro atoms. The maximum absolute atomic E-state index is 8.65. The molecule has 0 aromatic heterocycles. The molecule has 1 unspecified atom stereocenters. The van der Waals surface area contributed by atoms with E-state index in [2.05, 4.69) is 52.1 Å². The molecule has 1 aliphatic rings. The van der Waals surface area contributed by atoms with Gasteiger partial charge in [-0.25, -0.2) is 0 Å². The van der Waals surface area contributed by atoms with Crippen molar-refractivity contribution in [2.45, 2.75) is 23.8 Å². The van der Waals surface area contributed by atoms with E-state index in [1.54, 1.807) is 0 Å². The molecule has 0 amide bonds. The molecule has 0 N–H and O–H groups in total. The van der Waals surface area contributed by atoms with Gasteiger partial charge in [0, 0.05) is 34.6 Å². The summed E-state index contributed by atoms with van der Waals surface area (Å²) in [5.74, 6) is 1.07. The van der Waals surface area contributed by atoms with Crippen molar-refractivity contribution >= 4 is 33.4 Å². The van der Waals surface area contributed by atoms with Gasteiger partial charge in [-0.1, -0.05) is 6.07 Å².